The molecule has 0 aromatic heterocycles. The molecule has 1 aliphatic rings. The number of hydrogen-bond donors (Lipinski definition) is 1. The number of hydrogen-bond acceptors (Lipinski definition) is 4. The van der Waals surface area contributed by atoms with Gasteiger partial charge in [-0.25, -0.2) is 4.79 Å². The second-order valence-electron chi connectivity index (χ2n) is 6.29. The normalized spacial score (nSPS) is 26.4. The number of rotatable bonds is 3. The van der Waals surface area contributed by atoms with Crippen molar-refractivity contribution in [3.05, 3.63) is 29.3 Å². The summed E-state index contributed by atoms with van der Waals surface area (Å²) in [6.07, 6.45) is 1.08. The summed E-state index contributed by atoms with van der Waals surface area (Å²) >= 11 is 0. The number of piperidine rings is 1. The van der Waals surface area contributed by atoms with Gasteiger partial charge in [-0.05, 0) is 45.4 Å². The van der Waals surface area contributed by atoms with Crippen LogP contribution >= 0.6 is 0 Å². The fourth-order valence-electron chi connectivity index (χ4n) is 3.00. The maximum atomic E-state index is 12.0. The molecule has 4 heteroatoms. The zero-order valence-corrected chi connectivity index (χ0v) is 13.6. The number of nitrogens with one attached hydrogen (secondary N) is 1. The van der Waals surface area contributed by atoms with Gasteiger partial charge in [0.25, 0.3) is 0 Å². The lowest BCUT2D eigenvalue weighted by Crippen LogP contribution is -2.48. The molecule has 2 rings (SSSR count). The van der Waals surface area contributed by atoms with E-state index in [4.69, 9.17) is 4.74 Å². The molecule has 1 aromatic carbocycles. The van der Waals surface area contributed by atoms with Gasteiger partial charge in [0.05, 0.1) is 12.7 Å². The number of aryl methyl sites for hydroxylation is 1. The molecule has 0 aliphatic carbocycles. The number of methoxy groups -OCH3 is 1. The van der Waals surface area contributed by atoms with Gasteiger partial charge < -0.3 is 15.0 Å². The number of nitrogens with zero attached hydrogens (tertiary/aromatic N) is 1. The summed E-state index contributed by atoms with van der Waals surface area (Å²) in [5.74, 6) is 0.257. The molecular formula is C17H26N2O2. The van der Waals surface area contributed by atoms with E-state index in [-0.39, 0.29) is 5.97 Å². The van der Waals surface area contributed by atoms with E-state index < -0.39 is 0 Å². The fourth-order valence-corrected chi connectivity index (χ4v) is 3.00. The second kappa shape index (κ2) is 6.48. The quantitative estimate of drug-likeness (QED) is 0.869. The number of ether oxygens (including phenoxy) is 1. The Morgan fingerprint density at radius 1 is 1.38 bits per heavy atom. The minimum atomic E-state index is -0.283. The summed E-state index contributed by atoms with van der Waals surface area (Å²) < 4.78 is 4.90. The number of benzene rings is 1. The molecule has 3 atom stereocenters. The Morgan fingerprint density at radius 2 is 2.10 bits per heavy atom. The van der Waals surface area contributed by atoms with Crippen LogP contribution in [0.3, 0.4) is 0 Å². The molecule has 1 fully saturated rings. The maximum Gasteiger partial charge on any atom is 0.339 e. The zero-order valence-electron chi connectivity index (χ0n) is 13.6. The van der Waals surface area contributed by atoms with Gasteiger partial charge >= 0.3 is 5.97 Å². The van der Waals surface area contributed by atoms with Gasteiger partial charge in [0.2, 0.25) is 0 Å². The first-order chi connectivity index (χ1) is 9.92. The second-order valence-corrected chi connectivity index (χ2v) is 6.29. The van der Waals surface area contributed by atoms with Gasteiger partial charge in [0, 0.05) is 24.3 Å². The molecule has 0 amide bonds. The maximum absolute atomic E-state index is 12.0. The molecule has 0 radical (unpaired) electrons. The van der Waals surface area contributed by atoms with Gasteiger partial charge in [-0.1, -0.05) is 18.6 Å². The summed E-state index contributed by atoms with van der Waals surface area (Å²) in [4.78, 5) is 14.3. The number of carbonyl (C=O) groups is 1. The molecule has 1 aromatic rings. The van der Waals surface area contributed by atoms with E-state index in [0.717, 1.165) is 24.2 Å². The molecule has 116 valence electrons. The SMILES string of the molecule is COC(=O)c1cc(C)ccc1NC1CC(C)N(C)CC1C. The Labute approximate surface area is 127 Å². The molecule has 0 saturated carbocycles. The van der Waals surface area contributed by atoms with E-state index in [1.807, 2.05) is 25.1 Å². The lowest BCUT2D eigenvalue weighted by molar-refractivity contribution is 0.0601. The van der Waals surface area contributed by atoms with Crippen molar-refractivity contribution in [1.82, 2.24) is 4.90 Å². The van der Waals surface area contributed by atoms with E-state index in [0.29, 0.717) is 23.6 Å². The van der Waals surface area contributed by atoms with Crippen LogP contribution in [0.4, 0.5) is 5.69 Å². The van der Waals surface area contributed by atoms with E-state index in [9.17, 15) is 4.79 Å². The Bertz CT molecular complexity index is 516. The number of esters is 1. The Hall–Kier alpha value is -1.55. The van der Waals surface area contributed by atoms with Gasteiger partial charge in [-0.2, -0.15) is 0 Å². The Kier molecular flexibility index (Phi) is 4.88. The van der Waals surface area contributed by atoms with Crippen LogP contribution in [-0.4, -0.2) is 43.7 Å². The highest BCUT2D eigenvalue weighted by Crippen LogP contribution is 2.26. The van der Waals surface area contributed by atoms with Crippen molar-refractivity contribution in [3.63, 3.8) is 0 Å². The molecule has 0 spiro atoms. The number of carbonyl (C=O) groups excluding carboxylic acids is 1. The summed E-state index contributed by atoms with van der Waals surface area (Å²) in [6, 6.07) is 6.82. The summed E-state index contributed by atoms with van der Waals surface area (Å²) in [5, 5.41) is 3.57. The third-order valence-electron chi connectivity index (χ3n) is 4.53. The van der Waals surface area contributed by atoms with Crippen LogP contribution in [0.1, 0.15) is 36.2 Å². The minimum Gasteiger partial charge on any atom is -0.465 e. The Morgan fingerprint density at radius 3 is 2.76 bits per heavy atom. The monoisotopic (exact) mass is 290 g/mol. The molecule has 1 saturated heterocycles. The molecule has 3 unspecified atom stereocenters. The third-order valence-corrected chi connectivity index (χ3v) is 4.53. The standard InChI is InChI=1S/C17H26N2O2/c1-11-6-7-15(14(8-11)17(20)21-5)18-16-9-13(3)19(4)10-12(16)2/h6-8,12-13,16,18H,9-10H2,1-5H3. The van der Waals surface area contributed by atoms with Crippen LogP contribution in [0, 0.1) is 12.8 Å². The minimum absolute atomic E-state index is 0.283. The van der Waals surface area contributed by atoms with Gasteiger partial charge in [0.15, 0.2) is 0 Å². The van der Waals surface area contributed by atoms with E-state index in [1.165, 1.54) is 7.11 Å². The molecule has 21 heavy (non-hydrogen) atoms. The first-order valence-corrected chi connectivity index (χ1v) is 7.58. The van der Waals surface area contributed by atoms with Gasteiger partial charge in [0.1, 0.15) is 0 Å². The third kappa shape index (κ3) is 3.56. The highest BCUT2D eigenvalue weighted by atomic mass is 16.5. The largest absolute Gasteiger partial charge is 0.465 e. The van der Waals surface area contributed by atoms with Gasteiger partial charge in [-0.15, -0.1) is 0 Å². The number of likely N-dealkylation sites (tertiary alicyclic amines) is 1. The topological polar surface area (TPSA) is 41.6 Å². The van der Waals surface area contributed by atoms with Crippen LogP contribution in [0.25, 0.3) is 0 Å². The van der Waals surface area contributed by atoms with Crippen LogP contribution in [-0.2, 0) is 4.74 Å². The zero-order chi connectivity index (χ0) is 15.6. The van der Waals surface area contributed by atoms with E-state index >= 15 is 0 Å². The molecule has 1 N–H and O–H groups in total. The van der Waals surface area contributed by atoms with Crippen molar-refractivity contribution in [2.24, 2.45) is 5.92 Å². The van der Waals surface area contributed by atoms with Crippen LogP contribution < -0.4 is 5.32 Å². The highest BCUT2D eigenvalue weighted by molar-refractivity contribution is 5.95. The number of anilines is 1. The van der Waals surface area contributed by atoms with Crippen molar-refractivity contribution in [2.45, 2.75) is 39.3 Å². The van der Waals surface area contributed by atoms with Crippen molar-refractivity contribution in [3.8, 4) is 0 Å². The fraction of sp³-hybridized carbons (Fsp3) is 0.588. The lowest BCUT2D eigenvalue weighted by Gasteiger charge is -2.40. The Balaban J connectivity index is 2.21. The van der Waals surface area contributed by atoms with Crippen molar-refractivity contribution in [1.29, 1.82) is 0 Å². The summed E-state index contributed by atoms with van der Waals surface area (Å²) in [6.45, 7) is 7.55. The van der Waals surface area contributed by atoms with Crippen molar-refractivity contribution < 1.29 is 9.53 Å². The average Bonchev–Trinajstić information content (AvgIpc) is 2.45. The molecule has 1 heterocycles. The predicted octanol–water partition coefficient (Wildman–Crippen LogP) is 2.92. The van der Waals surface area contributed by atoms with Crippen LogP contribution in [0.2, 0.25) is 0 Å². The van der Waals surface area contributed by atoms with Crippen molar-refractivity contribution >= 4 is 11.7 Å². The molecule has 1 aliphatic heterocycles. The molecule has 0 bridgehead atoms. The van der Waals surface area contributed by atoms with Crippen molar-refractivity contribution in [2.75, 3.05) is 26.0 Å². The predicted molar refractivity (Wildman–Crippen MR) is 85.8 cm³/mol. The van der Waals surface area contributed by atoms with E-state index in [1.54, 1.807) is 0 Å². The molecule has 4 nitrogen and oxygen atoms in total. The van der Waals surface area contributed by atoms with Crippen LogP contribution in [0.5, 0.6) is 0 Å². The average molecular weight is 290 g/mol. The van der Waals surface area contributed by atoms with Gasteiger partial charge in [-0.3, -0.25) is 0 Å². The first kappa shape index (κ1) is 15.8. The summed E-state index contributed by atoms with van der Waals surface area (Å²) in [7, 11) is 3.60. The highest BCUT2D eigenvalue weighted by Gasteiger charge is 2.29. The summed E-state index contributed by atoms with van der Waals surface area (Å²) in [5.41, 5.74) is 2.56. The first-order valence-electron chi connectivity index (χ1n) is 7.58. The van der Waals surface area contributed by atoms with E-state index in [2.05, 4.69) is 31.1 Å². The van der Waals surface area contributed by atoms with Crippen LogP contribution in [0.15, 0.2) is 18.2 Å². The smallest absolute Gasteiger partial charge is 0.339 e. The lowest BCUT2D eigenvalue weighted by atomic mass is 9.89. The molecular weight excluding hydrogens is 264 g/mol.